The number of hydrogen-bond acceptors (Lipinski definition) is 3. The number of carbonyl (C=O) groups is 1. The first-order chi connectivity index (χ1) is 29.8. The molecule has 3 heteroatoms. The Morgan fingerprint density at radius 3 is 1.69 bits per heavy atom. The Morgan fingerprint density at radius 2 is 1.22 bits per heavy atom. The summed E-state index contributed by atoms with van der Waals surface area (Å²) in [5, 5.41) is 4.70. The largest absolute Gasteiger partial charge is 0.494 e. The van der Waals surface area contributed by atoms with Gasteiger partial charge in [0.25, 0.3) is 0 Å². The summed E-state index contributed by atoms with van der Waals surface area (Å²) in [5.74, 6) is 0.920. The predicted octanol–water partition coefficient (Wildman–Crippen LogP) is 16.3. The van der Waals surface area contributed by atoms with E-state index >= 15 is 0 Å². The maximum atomic E-state index is 14.2. The third kappa shape index (κ3) is 12.7. The number of Topliss-reactive ketones (excluding diaryl/α,β-unsaturated/α-hetero) is 1. The van der Waals surface area contributed by atoms with Crippen LogP contribution in [0.5, 0.6) is 0 Å². The highest BCUT2D eigenvalue weighted by atomic mass is 32.2. The van der Waals surface area contributed by atoms with Crippen molar-refractivity contribution >= 4 is 50.8 Å². The van der Waals surface area contributed by atoms with E-state index in [2.05, 4.69) is 214 Å². The highest BCUT2D eigenvalue weighted by Crippen LogP contribution is 2.46. The van der Waals surface area contributed by atoms with Gasteiger partial charge in [-0.05, 0) is 144 Å². The first-order valence-corrected chi connectivity index (χ1v) is 24.2. The van der Waals surface area contributed by atoms with E-state index in [-0.39, 0.29) is 27.4 Å². The van der Waals surface area contributed by atoms with Crippen LogP contribution in [0.1, 0.15) is 156 Å². The Balaban J connectivity index is 0.000000799. The molecule has 64 heavy (non-hydrogen) atoms. The van der Waals surface area contributed by atoms with Gasteiger partial charge in [0.1, 0.15) is 5.76 Å². The average Bonchev–Trinajstić information content (AvgIpc) is 3.21. The van der Waals surface area contributed by atoms with E-state index in [1.807, 2.05) is 25.6 Å². The highest BCUT2D eigenvalue weighted by molar-refractivity contribution is 8.16. The number of aryl methyl sites for hydroxylation is 1. The third-order valence-electron chi connectivity index (χ3n) is 11.7. The Kier molecular flexibility index (Phi) is 17.0. The molecule has 1 aliphatic heterocycles. The Morgan fingerprint density at radius 1 is 0.688 bits per heavy atom. The standard InChI is InChI=1S/C52H62OS.C7H10O.C2H6/c1-16-17-20-35-23-25-38(27-33(35)2)47(40-29-42(49(4,5)6)34(3)43(30-40)50(7,8)9)54-48(39-26-24-36-21-18-19-22-37(36)28-39)41-31-44(51(10,11)12)46(53)45(32-41)52(13,14)15;1-6-4-3-5-8-7(6)2;1-2/h17-32H,3,16H2,1-2,4-15H3;1-5H2;1-2H3/b20-17-;;. The monoisotopic (exact) mass is 875 g/mol. The number of carbonyl (C=O) groups excluding carboxylic acids is 1. The van der Waals surface area contributed by atoms with Crippen LogP contribution in [0.25, 0.3) is 33.2 Å². The molecule has 0 atom stereocenters. The zero-order valence-corrected chi connectivity index (χ0v) is 43.2. The second-order valence-corrected chi connectivity index (χ2v) is 22.2. The van der Waals surface area contributed by atoms with Crippen LogP contribution in [-0.2, 0) is 20.4 Å². The molecule has 4 aromatic carbocycles. The van der Waals surface area contributed by atoms with Gasteiger partial charge in [-0.1, -0.05) is 202 Å². The molecule has 4 aromatic rings. The summed E-state index contributed by atoms with van der Waals surface area (Å²) in [7, 11) is 0. The van der Waals surface area contributed by atoms with Gasteiger partial charge in [0.05, 0.1) is 6.61 Å². The summed E-state index contributed by atoms with van der Waals surface area (Å²) in [4.78, 5) is 16.5. The Bertz CT molecular complexity index is 2530. The lowest BCUT2D eigenvalue weighted by Gasteiger charge is -2.32. The van der Waals surface area contributed by atoms with Crippen LogP contribution in [-0.4, -0.2) is 12.4 Å². The summed E-state index contributed by atoms with van der Waals surface area (Å²) in [5.41, 5.74) is 10.3. The van der Waals surface area contributed by atoms with E-state index in [4.69, 9.17) is 4.74 Å². The van der Waals surface area contributed by atoms with Gasteiger partial charge in [-0.25, -0.2) is 0 Å². The van der Waals surface area contributed by atoms with Crippen LogP contribution in [0.4, 0.5) is 0 Å². The van der Waals surface area contributed by atoms with Crippen LogP contribution in [0.15, 0.2) is 132 Å². The lowest BCUT2D eigenvalue weighted by Crippen LogP contribution is -2.33. The van der Waals surface area contributed by atoms with Gasteiger partial charge < -0.3 is 4.74 Å². The van der Waals surface area contributed by atoms with E-state index in [1.54, 1.807) is 0 Å². The topological polar surface area (TPSA) is 26.3 Å². The van der Waals surface area contributed by atoms with E-state index in [9.17, 15) is 4.79 Å². The molecule has 1 fully saturated rings. The normalized spacial score (nSPS) is 14.9. The lowest BCUT2D eigenvalue weighted by atomic mass is 9.72. The zero-order chi connectivity index (χ0) is 47.9. The fourth-order valence-electron chi connectivity index (χ4n) is 7.99. The first kappa shape index (κ1) is 51.8. The molecule has 0 radical (unpaired) electrons. The molecule has 0 bridgehead atoms. The van der Waals surface area contributed by atoms with E-state index in [0.29, 0.717) is 0 Å². The number of allylic oxidation sites excluding steroid dienone is 7. The second kappa shape index (κ2) is 21.0. The van der Waals surface area contributed by atoms with Crippen molar-refractivity contribution in [2.45, 2.75) is 141 Å². The van der Waals surface area contributed by atoms with Crippen molar-refractivity contribution in [3.8, 4) is 0 Å². The van der Waals surface area contributed by atoms with Crippen molar-refractivity contribution in [1.29, 1.82) is 0 Å². The predicted molar refractivity (Wildman–Crippen MR) is 285 cm³/mol. The quantitative estimate of drug-likeness (QED) is 0.193. The maximum absolute atomic E-state index is 14.2. The molecule has 1 aliphatic carbocycles. The number of hydrogen-bond donors (Lipinski definition) is 0. The van der Waals surface area contributed by atoms with Crippen molar-refractivity contribution in [2.24, 2.45) is 10.8 Å². The van der Waals surface area contributed by atoms with Crippen LogP contribution in [0.2, 0.25) is 0 Å². The van der Waals surface area contributed by atoms with E-state index in [1.165, 1.54) is 48.7 Å². The summed E-state index contributed by atoms with van der Waals surface area (Å²) >= 11 is 1.83. The number of ether oxygens (including phenoxy) is 1. The minimum atomic E-state index is -0.328. The minimum Gasteiger partial charge on any atom is -0.494 e. The van der Waals surface area contributed by atoms with Gasteiger partial charge in [0.2, 0.25) is 0 Å². The maximum Gasteiger partial charge on any atom is 0.186 e. The lowest BCUT2D eigenvalue weighted by molar-refractivity contribution is -0.114. The Labute approximate surface area is 392 Å². The average molecular weight is 875 g/mol. The molecule has 0 N–H and O–H groups in total. The number of thioether (sulfide) groups is 1. The molecule has 0 unspecified atom stereocenters. The Hall–Kier alpha value is -4.86. The molecule has 1 heterocycles. The van der Waals surface area contributed by atoms with E-state index < -0.39 is 0 Å². The summed E-state index contributed by atoms with van der Waals surface area (Å²) in [6, 6.07) is 27.1. The van der Waals surface area contributed by atoms with E-state index in [0.717, 1.165) is 69.6 Å². The van der Waals surface area contributed by atoms with Gasteiger partial charge in [0.15, 0.2) is 5.78 Å². The molecule has 1 saturated heterocycles. The molecular weight excluding hydrogens is 797 g/mol. The molecule has 340 valence electrons. The molecule has 0 amide bonds. The molecule has 0 spiro atoms. The highest BCUT2D eigenvalue weighted by Gasteiger charge is 2.35. The smallest absolute Gasteiger partial charge is 0.186 e. The molecule has 2 aliphatic rings. The number of rotatable bonds is 6. The minimum absolute atomic E-state index is 0.105. The van der Waals surface area contributed by atoms with Crippen molar-refractivity contribution in [3.63, 3.8) is 0 Å². The van der Waals surface area contributed by atoms with Crippen LogP contribution >= 0.6 is 11.8 Å². The van der Waals surface area contributed by atoms with Crippen LogP contribution in [0, 0.1) is 17.8 Å². The number of ketones is 1. The first-order valence-electron chi connectivity index (χ1n) is 23.4. The number of benzene rings is 4. The zero-order valence-electron chi connectivity index (χ0n) is 42.4. The van der Waals surface area contributed by atoms with Crippen LogP contribution in [0.3, 0.4) is 0 Å². The van der Waals surface area contributed by atoms with Gasteiger partial charge in [-0.15, -0.1) is 0 Å². The third-order valence-corrected chi connectivity index (χ3v) is 13.0. The molecule has 6 rings (SSSR count). The van der Waals surface area contributed by atoms with Crippen molar-refractivity contribution in [3.05, 3.63) is 176 Å². The van der Waals surface area contributed by atoms with Crippen LogP contribution < -0.4 is 10.4 Å². The fourth-order valence-corrected chi connectivity index (χ4v) is 9.15. The van der Waals surface area contributed by atoms with Gasteiger partial charge >= 0.3 is 0 Å². The van der Waals surface area contributed by atoms with Gasteiger partial charge in [-0.2, -0.15) is 0 Å². The number of fused-ring (bicyclic) bond motifs is 1. The fraction of sp³-hybridized carbons (Fsp3) is 0.393. The second-order valence-electron chi connectivity index (χ2n) is 21.1. The molecule has 0 aromatic heterocycles. The summed E-state index contributed by atoms with van der Waals surface area (Å²) < 4.78 is 5.10. The van der Waals surface area contributed by atoms with Gasteiger partial charge in [-0.3, -0.25) is 4.79 Å². The van der Waals surface area contributed by atoms with Crippen molar-refractivity contribution < 1.29 is 9.53 Å². The summed E-state index contributed by atoms with van der Waals surface area (Å²) in [6.45, 7) is 48.0. The molecular formula is C61H78O2S. The van der Waals surface area contributed by atoms with Crippen molar-refractivity contribution in [2.75, 3.05) is 6.61 Å². The molecule has 2 nitrogen and oxygen atoms in total. The SMILES string of the molecule is C=C1CCCOC1=C.C=c1c(C(C)(C)C)cc(=C(SC(=C2C=C(C(C)(C)C)C(=O)C(C(C)(C)C)=C2)c2ccc3ccccc3c2)c2ccc(/C=C\CC)c(C)c2)cc1C(C)(C)C.CC. The summed E-state index contributed by atoms with van der Waals surface area (Å²) in [6.07, 6.45) is 12.0. The molecule has 0 saturated carbocycles. The van der Waals surface area contributed by atoms with Gasteiger partial charge in [0, 0.05) is 21.0 Å². The van der Waals surface area contributed by atoms with Crippen molar-refractivity contribution in [1.82, 2.24) is 0 Å².